The Balaban J connectivity index is 2.29. The Morgan fingerprint density at radius 3 is 2.45 bits per heavy atom. The van der Waals surface area contributed by atoms with E-state index >= 15 is 0 Å². The molecule has 110 valence electrons. The van der Waals surface area contributed by atoms with Gasteiger partial charge in [-0.1, -0.05) is 12.8 Å². The number of rotatable bonds is 4. The average molecular weight is 286 g/mol. The summed E-state index contributed by atoms with van der Waals surface area (Å²) in [6, 6.07) is 1.74. The van der Waals surface area contributed by atoms with Crippen LogP contribution in [0.15, 0.2) is 12.1 Å². The zero-order valence-electron chi connectivity index (χ0n) is 11.0. The summed E-state index contributed by atoms with van der Waals surface area (Å²) in [6.45, 7) is 0.523. The fourth-order valence-corrected chi connectivity index (χ4v) is 2.65. The van der Waals surface area contributed by atoms with Gasteiger partial charge in [-0.3, -0.25) is 4.79 Å². The molecule has 0 atom stereocenters. The summed E-state index contributed by atoms with van der Waals surface area (Å²) < 4.78 is 39.9. The van der Waals surface area contributed by atoms with E-state index in [0.29, 0.717) is 0 Å². The second-order valence-electron chi connectivity index (χ2n) is 4.95. The Kier molecular flexibility index (Phi) is 4.65. The van der Waals surface area contributed by atoms with Gasteiger partial charge in [-0.05, 0) is 25.0 Å². The number of halogens is 3. The van der Waals surface area contributed by atoms with Gasteiger partial charge in [0, 0.05) is 19.1 Å². The van der Waals surface area contributed by atoms with E-state index in [0.717, 1.165) is 37.8 Å². The van der Waals surface area contributed by atoms with Crippen molar-refractivity contribution >= 4 is 5.91 Å². The van der Waals surface area contributed by atoms with Crippen molar-refractivity contribution in [2.75, 3.05) is 13.1 Å². The number of hydrogen-bond donors (Lipinski definition) is 1. The minimum atomic E-state index is -1.62. The molecular weight excluding hydrogens is 269 g/mol. The summed E-state index contributed by atoms with van der Waals surface area (Å²) in [6.07, 6.45) is 3.66. The molecule has 1 aromatic rings. The fourth-order valence-electron chi connectivity index (χ4n) is 2.65. The normalized spacial score (nSPS) is 15.6. The van der Waals surface area contributed by atoms with Crippen LogP contribution in [-0.4, -0.2) is 29.9 Å². The van der Waals surface area contributed by atoms with Gasteiger partial charge in [-0.2, -0.15) is 0 Å². The lowest BCUT2D eigenvalue weighted by Crippen LogP contribution is -2.42. The van der Waals surface area contributed by atoms with Crippen LogP contribution in [0.25, 0.3) is 0 Å². The highest BCUT2D eigenvalue weighted by atomic mass is 19.2. The van der Waals surface area contributed by atoms with E-state index in [1.165, 1.54) is 4.90 Å². The Labute approximate surface area is 115 Å². The lowest BCUT2D eigenvalue weighted by atomic mass is 10.1. The van der Waals surface area contributed by atoms with Crippen LogP contribution in [0, 0.1) is 17.5 Å². The van der Waals surface area contributed by atoms with Crippen molar-refractivity contribution in [3.63, 3.8) is 0 Å². The second kappa shape index (κ2) is 6.26. The molecule has 3 nitrogen and oxygen atoms in total. The number of hydrogen-bond acceptors (Lipinski definition) is 2. The third kappa shape index (κ3) is 2.80. The Morgan fingerprint density at radius 2 is 1.85 bits per heavy atom. The van der Waals surface area contributed by atoms with Gasteiger partial charge in [0.2, 0.25) is 0 Å². The number of benzene rings is 1. The molecule has 0 spiro atoms. The number of nitrogens with zero attached hydrogens (tertiary/aromatic N) is 1. The first-order valence-corrected chi connectivity index (χ1v) is 6.70. The van der Waals surface area contributed by atoms with Gasteiger partial charge in [0.25, 0.3) is 5.91 Å². The molecule has 1 aromatic carbocycles. The summed E-state index contributed by atoms with van der Waals surface area (Å²) in [5.41, 5.74) is 5.04. The molecule has 0 unspecified atom stereocenters. The Morgan fingerprint density at radius 1 is 1.20 bits per heavy atom. The quantitative estimate of drug-likeness (QED) is 0.864. The number of nitrogens with two attached hydrogens (primary N) is 1. The highest BCUT2D eigenvalue weighted by Crippen LogP contribution is 2.26. The maximum Gasteiger partial charge on any atom is 0.257 e. The summed E-state index contributed by atoms with van der Waals surface area (Å²) >= 11 is 0. The lowest BCUT2D eigenvalue weighted by molar-refractivity contribution is 0.0682. The van der Waals surface area contributed by atoms with Crippen LogP contribution in [0.3, 0.4) is 0 Å². The summed E-state index contributed by atoms with van der Waals surface area (Å²) in [7, 11) is 0. The minimum absolute atomic E-state index is 0.00133. The first-order chi connectivity index (χ1) is 9.56. The first kappa shape index (κ1) is 14.8. The number of carbonyl (C=O) groups excluding carboxylic acids is 1. The van der Waals surface area contributed by atoms with Gasteiger partial charge in [0.15, 0.2) is 17.5 Å². The zero-order chi connectivity index (χ0) is 14.7. The third-order valence-corrected chi connectivity index (χ3v) is 3.66. The van der Waals surface area contributed by atoms with E-state index in [4.69, 9.17) is 5.73 Å². The minimum Gasteiger partial charge on any atom is -0.334 e. The number of carbonyl (C=O) groups is 1. The Hall–Kier alpha value is -1.56. The molecule has 2 N–H and O–H groups in total. The van der Waals surface area contributed by atoms with Crippen molar-refractivity contribution < 1.29 is 18.0 Å². The summed E-state index contributed by atoms with van der Waals surface area (Å²) in [4.78, 5) is 13.8. The second-order valence-corrected chi connectivity index (χ2v) is 4.95. The molecule has 0 aliphatic heterocycles. The van der Waals surface area contributed by atoms with Gasteiger partial charge in [-0.15, -0.1) is 0 Å². The molecule has 1 fully saturated rings. The molecule has 0 heterocycles. The van der Waals surface area contributed by atoms with Crippen LogP contribution in [0.2, 0.25) is 0 Å². The van der Waals surface area contributed by atoms with E-state index in [2.05, 4.69) is 0 Å². The third-order valence-electron chi connectivity index (χ3n) is 3.66. The van der Waals surface area contributed by atoms with Crippen molar-refractivity contribution in [3.8, 4) is 0 Å². The molecule has 1 saturated carbocycles. The van der Waals surface area contributed by atoms with Crippen molar-refractivity contribution in [1.29, 1.82) is 0 Å². The highest BCUT2D eigenvalue weighted by molar-refractivity contribution is 5.94. The monoisotopic (exact) mass is 286 g/mol. The summed E-state index contributed by atoms with van der Waals surface area (Å²) in [5.74, 6) is -4.98. The molecule has 20 heavy (non-hydrogen) atoms. The van der Waals surface area contributed by atoms with Gasteiger partial charge in [0.05, 0.1) is 5.56 Å². The molecule has 0 bridgehead atoms. The predicted molar refractivity (Wildman–Crippen MR) is 68.7 cm³/mol. The topological polar surface area (TPSA) is 46.3 Å². The van der Waals surface area contributed by atoms with E-state index in [1.54, 1.807) is 0 Å². The molecule has 2 rings (SSSR count). The molecular formula is C14H17F3N2O. The maximum atomic E-state index is 13.7. The van der Waals surface area contributed by atoms with Crippen molar-refractivity contribution in [2.45, 2.75) is 31.7 Å². The average Bonchev–Trinajstić information content (AvgIpc) is 2.95. The molecule has 0 aromatic heterocycles. The van der Waals surface area contributed by atoms with Gasteiger partial charge >= 0.3 is 0 Å². The van der Waals surface area contributed by atoms with Crippen LogP contribution in [0.1, 0.15) is 36.0 Å². The van der Waals surface area contributed by atoms with E-state index < -0.39 is 28.9 Å². The predicted octanol–water partition coefficient (Wildman–Crippen LogP) is 2.45. The fraction of sp³-hybridized carbons (Fsp3) is 0.500. The molecule has 0 saturated heterocycles. The standard InChI is InChI=1S/C14H17F3N2O/c15-11-6-5-10(12(16)13(11)17)14(20)19(8-7-18)9-3-1-2-4-9/h5-6,9H,1-4,7-8,18H2. The van der Waals surface area contributed by atoms with Crippen LogP contribution < -0.4 is 5.73 Å². The SMILES string of the molecule is NCCN(C(=O)c1ccc(F)c(F)c1F)C1CCCC1. The van der Waals surface area contributed by atoms with Crippen molar-refractivity contribution in [2.24, 2.45) is 5.73 Å². The van der Waals surface area contributed by atoms with Crippen LogP contribution >= 0.6 is 0 Å². The smallest absolute Gasteiger partial charge is 0.257 e. The molecule has 6 heteroatoms. The Bertz CT molecular complexity index is 501. The summed E-state index contributed by atoms with van der Waals surface area (Å²) in [5, 5.41) is 0. The highest BCUT2D eigenvalue weighted by Gasteiger charge is 2.29. The van der Waals surface area contributed by atoms with Gasteiger partial charge in [0.1, 0.15) is 0 Å². The van der Waals surface area contributed by atoms with E-state index in [9.17, 15) is 18.0 Å². The van der Waals surface area contributed by atoms with Crippen LogP contribution in [-0.2, 0) is 0 Å². The molecule has 0 radical (unpaired) electrons. The van der Waals surface area contributed by atoms with Gasteiger partial charge in [-0.25, -0.2) is 13.2 Å². The van der Waals surface area contributed by atoms with Gasteiger partial charge < -0.3 is 10.6 Å². The first-order valence-electron chi connectivity index (χ1n) is 6.70. The lowest BCUT2D eigenvalue weighted by Gasteiger charge is -2.28. The van der Waals surface area contributed by atoms with Crippen LogP contribution in [0.5, 0.6) is 0 Å². The van der Waals surface area contributed by atoms with E-state index in [1.807, 2.05) is 0 Å². The van der Waals surface area contributed by atoms with Crippen molar-refractivity contribution in [1.82, 2.24) is 4.90 Å². The van der Waals surface area contributed by atoms with E-state index in [-0.39, 0.29) is 19.1 Å². The zero-order valence-corrected chi connectivity index (χ0v) is 11.0. The van der Waals surface area contributed by atoms with Crippen molar-refractivity contribution in [3.05, 3.63) is 35.1 Å². The molecule has 1 amide bonds. The number of amides is 1. The molecule has 1 aliphatic rings. The maximum absolute atomic E-state index is 13.7. The molecule has 1 aliphatic carbocycles. The largest absolute Gasteiger partial charge is 0.334 e. The van der Waals surface area contributed by atoms with Crippen LogP contribution in [0.4, 0.5) is 13.2 Å².